The molecular formula is C13H14F3NO3S. The van der Waals surface area contributed by atoms with Crippen LogP contribution in [0.2, 0.25) is 0 Å². The molecule has 1 unspecified atom stereocenters. The van der Waals surface area contributed by atoms with E-state index in [4.69, 9.17) is 5.11 Å². The van der Waals surface area contributed by atoms with E-state index in [0.717, 1.165) is 18.9 Å². The molecule has 1 aromatic heterocycles. The van der Waals surface area contributed by atoms with Gasteiger partial charge in [-0.05, 0) is 25.3 Å². The predicted octanol–water partition coefficient (Wildman–Crippen LogP) is 3.24. The molecule has 21 heavy (non-hydrogen) atoms. The first kappa shape index (κ1) is 15.8. The van der Waals surface area contributed by atoms with Crippen LogP contribution in [-0.4, -0.2) is 34.5 Å². The smallest absolute Gasteiger partial charge is 0.425 e. The molecule has 1 atom stereocenters. The van der Waals surface area contributed by atoms with Crippen molar-refractivity contribution in [1.82, 2.24) is 4.90 Å². The topological polar surface area (TPSA) is 57.6 Å². The molecule has 1 fully saturated rings. The number of aliphatic carboxylic acids is 1. The van der Waals surface area contributed by atoms with Crippen LogP contribution in [0.25, 0.3) is 0 Å². The maximum absolute atomic E-state index is 12.6. The number of carbonyl (C=O) groups is 2. The van der Waals surface area contributed by atoms with E-state index in [2.05, 4.69) is 0 Å². The lowest BCUT2D eigenvalue weighted by molar-refractivity contribution is -0.138. The van der Waals surface area contributed by atoms with Gasteiger partial charge in [-0.1, -0.05) is 0 Å². The fourth-order valence-electron chi connectivity index (χ4n) is 2.44. The molecular weight excluding hydrogens is 307 g/mol. The number of carbonyl (C=O) groups excluding carboxylic acids is 1. The third kappa shape index (κ3) is 3.75. The van der Waals surface area contributed by atoms with Gasteiger partial charge in [-0.2, -0.15) is 13.2 Å². The minimum absolute atomic E-state index is 0.0235. The fourth-order valence-corrected chi connectivity index (χ4v) is 3.20. The van der Waals surface area contributed by atoms with E-state index in [-0.39, 0.29) is 12.0 Å². The average molecular weight is 321 g/mol. The number of halogens is 3. The monoisotopic (exact) mass is 321 g/mol. The summed E-state index contributed by atoms with van der Waals surface area (Å²) in [7, 11) is 0. The SMILES string of the molecule is O=C(O)CC1CCCCN1C(=O)c1csc(C(F)(F)F)c1. The molecule has 0 saturated carbocycles. The quantitative estimate of drug-likeness (QED) is 0.930. The summed E-state index contributed by atoms with van der Waals surface area (Å²) in [6.45, 7) is 0.383. The van der Waals surface area contributed by atoms with Crippen LogP contribution >= 0.6 is 11.3 Å². The van der Waals surface area contributed by atoms with Crippen LogP contribution in [0.1, 0.15) is 40.9 Å². The molecule has 1 aliphatic heterocycles. The molecule has 1 saturated heterocycles. The first-order valence-corrected chi connectivity index (χ1v) is 7.35. The number of alkyl halides is 3. The molecule has 0 aliphatic carbocycles. The fraction of sp³-hybridized carbons (Fsp3) is 0.538. The van der Waals surface area contributed by atoms with E-state index >= 15 is 0 Å². The molecule has 0 aromatic carbocycles. The zero-order valence-electron chi connectivity index (χ0n) is 11.0. The molecule has 1 N–H and O–H groups in total. The molecule has 0 radical (unpaired) electrons. The number of rotatable bonds is 3. The molecule has 2 rings (SSSR count). The van der Waals surface area contributed by atoms with E-state index in [9.17, 15) is 22.8 Å². The van der Waals surface area contributed by atoms with Crippen molar-refractivity contribution in [2.75, 3.05) is 6.54 Å². The Bertz CT molecular complexity index is 541. The van der Waals surface area contributed by atoms with Crippen molar-refractivity contribution in [1.29, 1.82) is 0 Å². The van der Waals surface area contributed by atoms with Crippen molar-refractivity contribution in [2.24, 2.45) is 0 Å². The van der Waals surface area contributed by atoms with E-state index < -0.39 is 29.0 Å². The number of hydrogen-bond acceptors (Lipinski definition) is 3. The number of likely N-dealkylation sites (tertiary alicyclic amines) is 1. The van der Waals surface area contributed by atoms with Gasteiger partial charge in [-0.25, -0.2) is 0 Å². The molecule has 1 aliphatic rings. The van der Waals surface area contributed by atoms with Crippen LogP contribution in [0.5, 0.6) is 0 Å². The normalized spacial score (nSPS) is 19.6. The minimum atomic E-state index is -4.47. The Labute approximate surface area is 123 Å². The van der Waals surface area contributed by atoms with Crippen LogP contribution in [0.3, 0.4) is 0 Å². The van der Waals surface area contributed by atoms with Gasteiger partial charge in [-0.3, -0.25) is 9.59 Å². The molecule has 4 nitrogen and oxygen atoms in total. The summed E-state index contributed by atoms with van der Waals surface area (Å²) < 4.78 is 37.7. The van der Waals surface area contributed by atoms with Crippen LogP contribution in [0.4, 0.5) is 13.2 Å². The summed E-state index contributed by atoms with van der Waals surface area (Å²) in [4.78, 5) is 23.7. The maximum atomic E-state index is 12.6. The van der Waals surface area contributed by atoms with E-state index in [0.29, 0.717) is 24.3 Å². The van der Waals surface area contributed by atoms with Crippen molar-refractivity contribution in [3.63, 3.8) is 0 Å². The van der Waals surface area contributed by atoms with E-state index in [1.165, 1.54) is 10.3 Å². The van der Waals surface area contributed by atoms with E-state index in [1.54, 1.807) is 0 Å². The zero-order chi connectivity index (χ0) is 15.6. The van der Waals surface area contributed by atoms with Gasteiger partial charge < -0.3 is 10.0 Å². The van der Waals surface area contributed by atoms with Gasteiger partial charge in [0.2, 0.25) is 0 Å². The van der Waals surface area contributed by atoms with Gasteiger partial charge in [0.1, 0.15) is 4.88 Å². The zero-order valence-corrected chi connectivity index (χ0v) is 11.8. The molecule has 1 aromatic rings. The number of hydrogen-bond donors (Lipinski definition) is 1. The lowest BCUT2D eigenvalue weighted by atomic mass is 9.98. The molecule has 2 heterocycles. The second-order valence-electron chi connectivity index (χ2n) is 4.94. The molecule has 0 bridgehead atoms. The summed E-state index contributed by atoms with van der Waals surface area (Å²) in [5.41, 5.74) is -0.0235. The number of amides is 1. The number of piperidine rings is 1. The summed E-state index contributed by atoms with van der Waals surface area (Å²) in [6, 6.07) is 0.386. The Hall–Kier alpha value is -1.57. The minimum Gasteiger partial charge on any atom is -0.481 e. The highest BCUT2D eigenvalue weighted by Crippen LogP contribution is 2.35. The van der Waals surface area contributed by atoms with Crippen molar-refractivity contribution in [3.8, 4) is 0 Å². The molecule has 116 valence electrons. The Kier molecular flexibility index (Phi) is 4.55. The van der Waals surface area contributed by atoms with Gasteiger partial charge in [0.05, 0.1) is 12.0 Å². The third-order valence-electron chi connectivity index (χ3n) is 3.42. The first-order valence-electron chi connectivity index (χ1n) is 6.47. The largest absolute Gasteiger partial charge is 0.481 e. The second kappa shape index (κ2) is 6.05. The Morgan fingerprint density at radius 3 is 2.67 bits per heavy atom. The average Bonchev–Trinajstić information content (AvgIpc) is 2.87. The highest BCUT2D eigenvalue weighted by atomic mass is 32.1. The van der Waals surface area contributed by atoms with Crippen LogP contribution in [0.15, 0.2) is 11.4 Å². The highest BCUT2D eigenvalue weighted by Gasteiger charge is 2.35. The third-order valence-corrected chi connectivity index (χ3v) is 4.40. The summed E-state index contributed by atoms with van der Waals surface area (Å²) in [5.74, 6) is -1.53. The highest BCUT2D eigenvalue weighted by molar-refractivity contribution is 7.10. The van der Waals surface area contributed by atoms with Gasteiger partial charge in [0, 0.05) is 18.0 Å². The second-order valence-corrected chi connectivity index (χ2v) is 5.85. The Balaban J connectivity index is 2.17. The standard InChI is InChI=1S/C13H14F3NO3S/c14-13(15,16)10-5-8(7-21-10)12(20)17-4-2-1-3-9(17)6-11(18)19/h5,7,9H,1-4,6H2,(H,18,19). The summed E-state index contributed by atoms with van der Waals surface area (Å²) in [5, 5.41) is 10.0. The lowest BCUT2D eigenvalue weighted by Crippen LogP contribution is -2.44. The van der Waals surface area contributed by atoms with Gasteiger partial charge >= 0.3 is 12.1 Å². The Morgan fingerprint density at radius 1 is 1.38 bits per heavy atom. The first-order chi connectivity index (χ1) is 9.79. The molecule has 1 amide bonds. The predicted molar refractivity (Wildman–Crippen MR) is 70.2 cm³/mol. The molecule has 8 heteroatoms. The van der Waals surface area contributed by atoms with Gasteiger partial charge in [0.25, 0.3) is 5.91 Å². The van der Waals surface area contributed by atoms with Gasteiger partial charge in [0.15, 0.2) is 0 Å². The van der Waals surface area contributed by atoms with E-state index in [1.807, 2.05) is 0 Å². The Morgan fingerprint density at radius 2 is 2.10 bits per heavy atom. The number of carboxylic acid groups (broad SMARTS) is 1. The van der Waals surface area contributed by atoms with Crippen molar-refractivity contribution in [3.05, 3.63) is 21.9 Å². The van der Waals surface area contributed by atoms with Crippen molar-refractivity contribution < 1.29 is 27.9 Å². The maximum Gasteiger partial charge on any atom is 0.425 e. The van der Waals surface area contributed by atoms with Crippen molar-refractivity contribution >= 4 is 23.2 Å². The van der Waals surface area contributed by atoms with Crippen LogP contribution < -0.4 is 0 Å². The number of carboxylic acids is 1. The number of nitrogens with zero attached hydrogens (tertiary/aromatic N) is 1. The summed E-state index contributed by atoms with van der Waals surface area (Å²) >= 11 is 0.475. The van der Waals surface area contributed by atoms with Crippen LogP contribution in [-0.2, 0) is 11.0 Å². The number of thiophene rings is 1. The van der Waals surface area contributed by atoms with Gasteiger partial charge in [-0.15, -0.1) is 11.3 Å². The lowest BCUT2D eigenvalue weighted by Gasteiger charge is -2.34. The molecule has 0 spiro atoms. The summed E-state index contributed by atoms with van der Waals surface area (Å²) in [6.07, 6.45) is -2.53. The van der Waals surface area contributed by atoms with Crippen molar-refractivity contribution in [2.45, 2.75) is 37.9 Å². The van der Waals surface area contributed by atoms with Crippen LogP contribution in [0, 0.1) is 0 Å².